The molecule has 0 spiro atoms. The third-order valence-electron chi connectivity index (χ3n) is 3.70. The summed E-state index contributed by atoms with van der Waals surface area (Å²) in [6.07, 6.45) is 0.182. The van der Waals surface area contributed by atoms with Gasteiger partial charge in [0.15, 0.2) is 0 Å². The molecule has 0 aromatic heterocycles. The zero-order chi connectivity index (χ0) is 17.3. The molecule has 24 heavy (non-hydrogen) atoms. The number of alkyl halides is 3. The molecule has 126 valence electrons. The van der Waals surface area contributed by atoms with Gasteiger partial charge in [-0.05, 0) is 58.8 Å². The summed E-state index contributed by atoms with van der Waals surface area (Å²) in [5.74, 6) is 0.581. The van der Waals surface area contributed by atoms with Gasteiger partial charge in [0.05, 0.1) is 6.61 Å². The van der Waals surface area contributed by atoms with Crippen LogP contribution in [-0.4, -0.2) is 13.0 Å². The largest absolute Gasteiger partial charge is 0.573 e. The fourth-order valence-corrected chi connectivity index (χ4v) is 3.58. The number of rotatable bonds is 3. The minimum atomic E-state index is -4.69. The zero-order valence-electron chi connectivity index (χ0n) is 12.8. The molecule has 2 nitrogen and oxygen atoms in total. The highest BCUT2D eigenvalue weighted by Crippen LogP contribution is 2.42. The maximum Gasteiger partial charge on any atom is 0.573 e. The first-order valence-electron chi connectivity index (χ1n) is 7.36. The second kappa shape index (κ2) is 6.66. The van der Waals surface area contributed by atoms with Crippen LogP contribution in [0.5, 0.6) is 11.5 Å². The fraction of sp³-hybridized carbons (Fsp3) is 0.222. The van der Waals surface area contributed by atoms with Crippen molar-refractivity contribution < 1.29 is 22.6 Å². The number of halogens is 4. The lowest BCUT2D eigenvalue weighted by molar-refractivity contribution is -0.274. The number of hydrogen-bond donors (Lipinski definition) is 0. The highest BCUT2D eigenvalue weighted by Gasteiger charge is 2.31. The van der Waals surface area contributed by atoms with E-state index in [0.29, 0.717) is 6.61 Å². The Morgan fingerprint density at radius 1 is 1.21 bits per heavy atom. The van der Waals surface area contributed by atoms with E-state index in [9.17, 15) is 13.2 Å². The van der Waals surface area contributed by atoms with Gasteiger partial charge in [-0.25, -0.2) is 0 Å². The number of allylic oxidation sites excluding steroid dienone is 1. The predicted octanol–water partition coefficient (Wildman–Crippen LogP) is 5.82. The van der Waals surface area contributed by atoms with Gasteiger partial charge in [0.1, 0.15) is 11.5 Å². The Labute approximate surface area is 151 Å². The molecule has 0 aliphatic carbocycles. The van der Waals surface area contributed by atoms with E-state index >= 15 is 0 Å². The van der Waals surface area contributed by atoms with Crippen LogP contribution < -0.4 is 9.47 Å². The first-order valence-corrected chi connectivity index (χ1v) is 8.44. The highest BCUT2D eigenvalue weighted by atomic mass is 127. The van der Waals surface area contributed by atoms with Crippen molar-refractivity contribution in [3.05, 3.63) is 51.1 Å². The smallest absolute Gasteiger partial charge is 0.492 e. The van der Waals surface area contributed by atoms with Gasteiger partial charge >= 0.3 is 6.36 Å². The number of ether oxygens (including phenoxy) is 2. The minimum absolute atomic E-state index is 0.232. The molecule has 2 aromatic carbocycles. The average Bonchev–Trinajstić information content (AvgIpc) is 2.98. The summed E-state index contributed by atoms with van der Waals surface area (Å²) in [4.78, 5) is 0. The van der Waals surface area contributed by atoms with Crippen molar-refractivity contribution in [2.45, 2.75) is 19.7 Å². The molecule has 1 heterocycles. The van der Waals surface area contributed by atoms with Gasteiger partial charge in [0.2, 0.25) is 0 Å². The summed E-state index contributed by atoms with van der Waals surface area (Å²) in [6.45, 7) is 2.58. The Morgan fingerprint density at radius 3 is 2.54 bits per heavy atom. The van der Waals surface area contributed by atoms with Crippen LogP contribution in [0, 0.1) is 3.57 Å². The first-order chi connectivity index (χ1) is 11.4. The maximum atomic E-state index is 12.3. The van der Waals surface area contributed by atoms with E-state index in [2.05, 4.69) is 33.4 Å². The van der Waals surface area contributed by atoms with Crippen molar-refractivity contribution in [2.24, 2.45) is 0 Å². The van der Waals surface area contributed by atoms with Crippen LogP contribution in [0.2, 0.25) is 0 Å². The summed E-state index contributed by atoms with van der Waals surface area (Å²) in [6, 6.07) is 7.86. The molecule has 0 unspecified atom stereocenters. The van der Waals surface area contributed by atoms with Crippen LogP contribution in [0.1, 0.15) is 18.1 Å². The van der Waals surface area contributed by atoms with E-state index in [4.69, 9.17) is 4.74 Å². The Balaban J connectivity index is 2.01. The number of fused-ring (bicyclic) bond motifs is 1. The maximum absolute atomic E-state index is 12.3. The average molecular weight is 446 g/mol. The van der Waals surface area contributed by atoms with Crippen molar-refractivity contribution in [3.8, 4) is 22.6 Å². The van der Waals surface area contributed by atoms with Gasteiger partial charge < -0.3 is 9.47 Å². The van der Waals surface area contributed by atoms with Crippen molar-refractivity contribution >= 4 is 28.7 Å². The van der Waals surface area contributed by atoms with E-state index in [0.717, 1.165) is 38.0 Å². The SMILES string of the molecule is CC=Cc1c(I)cc(-c2ccc(OC(F)(F)F)cc2)c2c1CCO2. The van der Waals surface area contributed by atoms with Crippen molar-refractivity contribution in [1.29, 1.82) is 0 Å². The van der Waals surface area contributed by atoms with Gasteiger partial charge in [-0.15, -0.1) is 13.2 Å². The van der Waals surface area contributed by atoms with E-state index in [-0.39, 0.29) is 5.75 Å². The molecule has 0 fully saturated rings. The summed E-state index contributed by atoms with van der Waals surface area (Å²) in [5.41, 5.74) is 3.98. The van der Waals surface area contributed by atoms with Crippen molar-refractivity contribution in [2.75, 3.05) is 6.61 Å². The van der Waals surface area contributed by atoms with Crippen LogP contribution in [0.4, 0.5) is 13.2 Å². The summed E-state index contributed by atoms with van der Waals surface area (Å²) >= 11 is 2.27. The van der Waals surface area contributed by atoms with Gasteiger partial charge in [0.25, 0.3) is 0 Å². The van der Waals surface area contributed by atoms with Crippen LogP contribution >= 0.6 is 22.6 Å². The molecule has 0 amide bonds. The summed E-state index contributed by atoms with van der Waals surface area (Å²) in [7, 11) is 0. The van der Waals surface area contributed by atoms with Gasteiger partial charge in [-0.2, -0.15) is 0 Å². The number of hydrogen-bond acceptors (Lipinski definition) is 2. The lowest BCUT2D eigenvalue weighted by atomic mass is 9.96. The molecule has 1 aliphatic rings. The van der Waals surface area contributed by atoms with E-state index in [1.165, 1.54) is 12.1 Å². The van der Waals surface area contributed by atoms with E-state index in [1.807, 2.05) is 19.1 Å². The monoisotopic (exact) mass is 446 g/mol. The normalized spacial score (nSPS) is 13.9. The van der Waals surface area contributed by atoms with Crippen LogP contribution in [0.3, 0.4) is 0 Å². The lowest BCUT2D eigenvalue weighted by Gasteiger charge is -2.14. The minimum Gasteiger partial charge on any atom is -0.492 e. The Kier molecular flexibility index (Phi) is 4.76. The Hall–Kier alpha value is -1.70. The van der Waals surface area contributed by atoms with Gasteiger partial charge in [-0.3, -0.25) is 0 Å². The Bertz CT molecular complexity index is 780. The van der Waals surface area contributed by atoms with Crippen LogP contribution in [0.15, 0.2) is 36.4 Å². The summed E-state index contributed by atoms with van der Waals surface area (Å²) in [5, 5.41) is 0. The molecule has 0 bridgehead atoms. The third kappa shape index (κ3) is 3.53. The second-order valence-corrected chi connectivity index (χ2v) is 6.46. The second-order valence-electron chi connectivity index (χ2n) is 5.30. The van der Waals surface area contributed by atoms with E-state index < -0.39 is 6.36 Å². The topological polar surface area (TPSA) is 18.5 Å². The molecule has 3 rings (SSSR count). The molecule has 1 aliphatic heterocycles. The lowest BCUT2D eigenvalue weighted by Crippen LogP contribution is -2.16. The highest BCUT2D eigenvalue weighted by molar-refractivity contribution is 14.1. The summed E-state index contributed by atoms with van der Waals surface area (Å²) < 4.78 is 47.6. The fourth-order valence-electron chi connectivity index (χ4n) is 2.76. The molecule has 0 saturated heterocycles. The quantitative estimate of drug-likeness (QED) is 0.553. The molecule has 0 N–H and O–H groups in total. The van der Waals surface area contributed by atoms with E-state index in [1.54, 1.807) is 12.1 Å². The molecule has 0 radical (unpaired) electrons. The first kappa shape index (κ1) is 17.1. The van der Waals surface area contributed by atoms with Crippen LogP contribution in [0.25, 0.3) is 17.2 Å². The Morgan fingerprint density at radius 2 is 1.92 bits per heavy atom. The number of benzene rings is 2. The molecular weight excluding hydrogens is 432 g/mol. The molecule has 0 atom stereocenters. The predicted molar refractivity (Wildman–Crippen MR) is 95.2 cm³/mol. The molecule has 0 saturated carbocycles. The third-order valence-corrected chi connectivity index (χ3v) is 4.60. The molecular formula is C18H14F3IO2. The molecule has 6 heteroatoms. The van der Waals surface area contributed by atoms with Gasteiger partial charge in [0, 0.05) is 21.1 Å². The standard InChI is InChI=1S/C18H14F3IO2/c1-2-3-13-14-8-9-23-17(14)15(10-16(13)22)11-4-6-12(7-5-11)24-18(19,20)21/h2-7,10H,8-9H2,1H3. The van der Waals surface area contributed by atoms with Crippen LogP contribution in [-0.2, 0) is 6.42 Å². The van der Waals surface area contributed by atoms with Crippen molar-refractivity contribution in [1.82, 2.24) is 0 Å². The zero-order valence-corrected chi connectivity index (χ0v) is 14.9. The molecule has 2 aromatic rings. The van der Waals surface area contributed by atoms with Gasteiger partial charge in [-0.1, -0.05) is 24.3 Å². The van der Waals surface area contributed by atoms with Crippen molar-refractivity contribution in [3.63, 3.8) is 0 Å².